The number of amides is 1. The van der Waals surface area contributed by atoms with Crippen molar-refractivity contribution in [3.05, 3.63) is 18.2 Å². The van der Waals surface area contributed by atoms with Gasteiger partial charge in [0, 0.05) is 49.4 Å². The number of methoxy groups -OCH3 is 2. The van der Waals surface area contributed by atoms with Crippen molar-refractivity contribution in [1.29, 1.82) is 0 Å². The lowest BCUT2D eigenvalue weighted by molar-refractivity contribution is -0.121. The number of nitrogens with one attached hydrogen (secondary N) is 1. The van der Waals surface area contributed by atoms with E-state index in [0.29, 0.717) is 13.0 Å². The summed E-state index contributed by atoms with van der Waals surface area (Å²) in [6, 6.07) is 6.01. The van der Waals surface area contributed by atoms with Crippen LogP contribution in [0.4, 0.5) is 5.69 Å². The minimum Gasteiger partial charge on any atom is -0.497 e. The van der Waals surface area contributed by atoms with Crippen LogP contribution < -0.4 is 25.4 Å². The van der Waals surface area contributed by atoms with Crippen molar-refractivity contribution in [2.24, 2.45) is 5.73 Å². The van der Waals surface area contributed by atoms with Crippen molar-refractivity contribution in [2.45, 2.75) is 25.3 Å². The standard InChI is InChI=1S/C16H25N3O3/c1-21-14-8-13(9-15(10-14)22-2)19-7-5-12(11-19)18-16(20)4-3-6-17/h8-10,12H,3-7,11,17H2,1-2H3,(H,18,20). The van der Waals surface area contributed by atoms with E-state index >= 15 is 0 Å². The number of hydrogen-bond donors (Lipinski definition) is 2. The topological polar surface area (TPSA) is 76.8 Å². The zero-order valence-corrected chi connectivity index (χ0v) is 13.3. The van der Waals surface area contributed by atoms with Gasteiger partial charge >= 0.3 is 0 Å². The number of nitrogens with zero attached hydrogens (tertiary/aromatic N) is 1. The molecule has 1 aliphatic heterocycles. The van der Waals surface area contributed by atoms with Gasteiger partial charge in [-0.1, -0.05) is 0 Å². The first-order valence-corrected chi connectivity index (χ1v) is 7.63. The molecule has 1 saturated heterocycles. The molecule has 0 saturated carbocycles. The maximum Gasteiger partial charge on any atom is 0.220 e. The quantitative estimate of drug-likeness (QED) is 0.790. The van der Waals surface area contributed by atoms with Gasteiger partial charge in [-0.05, 0) is 19.4 Å². The number of benzene rings is 1. The smallest absolute Gasteiger partial charge is 0.220 e. The molecule has 6 nitrogen and oxygen atoms in total. The number of carbonyl (C=O) groups excluding carboxylic acids is 1. The Hall–Kier alpha value is -1.95. The molecule has 0 radical (unpaired) electrons. The van der Waals surface area contributed by atoms with Crippen LogP contribution in [0.15, 0.2) is 18.2 Å². The molecule has 1 amide bonds. The first-order valence-electron chi connectivity index (χ1n) is 7.63. The minimum absolute atomic E-state index is 0.0838. The molecule has 1 heterocycles. The Kier molecular flexibility index (Phi) is 5.89. The molecule has 0 aromatic heterocycles. The van der Waals surface area contributed by atoms with E-state index in [4.69, 9.17) is 15.2 Å². The maximum absolute atomic E-state index is 11.8. The highest BCUT2D eigenvalue weighted by Crippen LogP contribution is 2.30. The fourth-order valence-corrected chi connectivity index (χ4v) is 2.65. The van der Waals surface area contributed by atoms with E-state index in [0.717, 1.165) is 43.1 Å². The number of nitrogens with two attached hydrogens (primary N) is 1. The van der Waals surface area contributed by atoms with E-state index in [2.05, 4.69) is 10.2 Å². The first-order chi connectivity index (χ1) is 10.7. The second kappa shape index (κ2) is 7.89. The van der Waals surface area contributed by atoms with Gasteiger partial charge in [0.25, 0.3) is 0 Å². The van der Waals surface area contributed by atoms with Gasteiger partial charge in [0.2, 0.25) is 5.91 Å². The highest BCUT2D eigenvalue weighted by Gasteiger charge is 2.24. The monoisotopic (exact) mass is 307 g/mol. The van der Waals surface area contributed by atoms with Gasteiger partial charge in [0.1, 0.15) is 11.5 Å². The molecule has 1 atom stereocenters. The lowest BCUT2D eigenvalue weighted by atomic mass is 10.2. The first kappa shape index (κ1) is 16.4. The van der Waals surface area contributed by atoms with Crippen LogP contribution in [-0.2, 0) is 4.79 Å². The summed E-state index contributed by atoms with van der Waals surface area (Å²) in [5, 5.41) is 3.07. The zero-order chi connectivity index (χ0) is 15.9. The van der Waals surface area contributed by atoms with Crippen molar-refractivity contribution in [3.8, 4) is 11.5 Å². The van der Waals surface area contributed by atoms with E-state index in [1.165, 1.54) is 0 Å². The third-order valence-electron chi connectivity index (χ3n) is 3.86. The molecule has 22 heavy (non-hydrogen) atoms. The van der Waals surface area contributed by atoms with E-state index < -0.39 is 0 Å². The van der Waals surface area contributed by atoms with Crippen molar-refractivity contribution < 1.29 is 14.3 Å². The highest BCUT2D eigenvalue weighted by molar-refractivity contribution is 5.76. The van der Waals surface area contributed by atoms with Gasteiger partial charge in [0.15, 0.2) is 0 Å². The number of hydrogen-bond acceptors (Lipinski definition) is 5. The minimum atomic E-state index is 0.0838. The van der Waals surface area contributed by atoms with Crippen LogP contribution in [0.25, 0.3) is 0 Å². The van der Waals surface area contributed by atoms with Crippen LogP contribution in [-0.4, -0.2) is 45.8 Å². The lowest BCUT2D eigenvalue weighted by Gasteiger charge is -2.20. The van der Waals surface area contributed by atoms with Crippen molar-refractivity contribution in [2.75, 3.05) is 38.8 Å². The maximum atomic E-state index is 11.8. The predicted octanol–water partition coefficient (Wildman–Crippen LogP) is 1.14. The largest absolute Gasteiger partial charge is 0.497 e. The molecule has 1 unspecified atom stereocenters. The molecular weight excluding hydrogens is 282 g/mol. The van der Waals surface area contributed by atoms with Gasteiger partial charge in [-0.15, -0.1) is 0 Å². The van der Waals surface area contributed by atoms with Gasteiger partial charge < -0.3 is 25.4 Å². The predicted molar refractivity (Wildman–Crippen MR) is 86.6 cm³/mol. The van der Waals surface area contributed by atoms with Gasteiger partial charge in [-0.25, -0.2) is 0 Å². The Morgan fingerprint density at radius 3 is 2.59 bits per heavy atom. The van der Waals surface area contributed by atoms with Gasteiger partial charge in [-0.3, -0.25) is 4.79 Å². The molecule has 122 valence electrons. The third kappa shape index (κ3) is 4.27. The summed E-state index contributed by atoms with van der Waals surface area (Å²) in [6.07, 6.45) is 2.17. The molecule has 1 aliphatic rings. The zero-order valence-electron chi connectivity index (χ0n) is 13.3. The molecule has 6 heteroatoms. The van der Waals surface area contributed by atoms with E-state index in [9.17, 15) is 4.79 Å². The van der Waals surface area contributed by atoms with Crippen LogP contribution in [0.5, 0.6) is 11.5 Å². The summed E-state index contributed by atoms with van der Waals surface area (Å²) < 4.78 is 10.6. The summed E-state index contributed by atoms with van der Waals surface area (Å²) in [5.41, 5.74) is 6.48. The van der Waals surface area contributed by atoms with E-state index in [1.54, 1.807) is 14.2 Å². The highest BCUT2D eigenvalue weighted by atomic mass is 16.5. The third-order valence-corrected chi connectivity index (χ3v) is 3.86. The van der Waals surface area contributed by atoms with Crippen LogP contribution in [0.1, 0.15) is 19.3 Å². The average Bonchev–Trinajstić information content (AvgIpc) is 3.00. The van der Waals surface area contributed by atoms with Crippen molar-refractivity contribution in [3.63, 3.8) is 0 Å². The number of ether oxygens (including phenoxy) is 2. The average molecular weight is 307 g/mol. The fraction of sp³-hybridized carbons (Fsp3) is 0.562. The van der Waals surface area contributed by atoms with Crippen molar-refractivity contribution in [1.82, 2.24) is 5.32 Å². The normalized spacial score (nSPS) is 17.4. The Labute approximate surface area is 131 Å². The summed E-state index contributed by atoms with van der Waals surface area (Å²) in [5.74, 6) is 1.62. The fourth-order valence-electron chi connectivity index (χ4n) is 2.65. The second-order valence-electron chi connectivity index (χ2n) is 5.46. The van der Waals surface area contributed by atoms with Crippen LogP contribution in [0.3, 0.4) is 0 Å². The number of rotatable bonds is 7. The Morgan fingerprint density at radius 1 is 1.32 bits per heavy atom. The Bertz CT molecular complexity index is 485. The van der Waals surface area contributed by atoms with Gasteiger partial charge in [-0.2, -0.15) is 0 Å². The lowest BCUT2D eigenvalue weighted by Crippen LogP contribution is -2.37. The second-order valence-corrected chi connectivity index (χ2v) is 5.46. The molecule has 2 rings (SSSR count). The molecule has 1 aromatic rings. The Balaban J connectivity index is 1.96. The molecular formula is C16H25N3O3. The van der Waals surface area contributed by atoms with Gasteiger partial charge in [0.05, 0.1) is 14.2 Å². The van der Waals surface area contributed by atoms with E-state index in [-0.39, 0.29) is 11.9 Å². The van der Waals surface area contributed by atoms with Crippen LogP contribution in [0.2, 0.25) is 0 Å². The molecule has 0 bridgehead atoms. The molecule has 3 N–H and O–H groups in total. The summed E-state index contributed by atoms with van der Waals surface area (Å²) in [4.78, 5) is 14.0. The van der Waals surface area contributed by atoms with Crippen LogP contribution >= 0.6 is 0 Å². The summed E-state index contributed by atoms with van der Waals surface area (Å²) >= 11 is 0. The molecule has 0 spiro atoms. The summed E-state index contributed by atoms with van der Waals surface area (Å²) in [6.45, 7) is 2.25. The number of anilines is 1. The molecule has 0 aliphatic carbocycles. The van der Waals surface area contributed by atoms with Crippen molar-refractivity contribution >= 4 is 11.6 Å². The molecule has 1 fully saturated rings. The SMILES string of the molecule is COc1cc(OC)cc(N2CCC(NC(=O)CCCN)C2)c1. The number of carbonyl (C=O) groups is 1. The van der Waals surface area contributed by atoms with E-state index in [1.807, 2.05) is 18.2 Å². The molecule has 1 aromatic carbocycles. The Morgan fingerprint density at radius 2 is 2.00 bits per heavy atom. The van der Waals surface area contributed by atoms with Crippen LogP contribution in [0, 0.1) is 0 Å². The summed E-state index contributed by atoms with van der Waals surface area (Å²) in [7, 11) is 3.28.